The Kier molecular flexibility index (Phi) is 4.35. The molecule has 3 N–H and O–H groups in total. The Morgan fingerprint density at radius 2 is 1.95 bits per heavy atom. The molecule has 1 aromatic carbocycles. The van der Waals surface area contributed by atoms with E-state index in [4.69, 9.17) is 5.73 Å². The van der Waals surface area contributed by atoms with Crippen LogP contribution in [0.4, 0.5) is 24.7 Å². The van der Waals surface area contributed by atoms with Crippen molar-refractivity contribution in [2.75, 3.05) is 5.32 Å². The minimum Gasteiger partial charge on any atom is -0.366 e. The maximum absolute atomic E-state index is 13.9. The Morgan fingerprint density at radius 1 is 1.29 bits per heavy atom. The van der Waals surface area contributed by atoms with Crippen LogP contribution < -0.4 is 11.1 Å². The molecule has 0 unspecified atom stereocenters. The summed E-state index contributed by atoms with van der Waals surface area (Å²) in [5, 5.41) is 2.49. The number of primary amides is 1. The Morgan fingerprint density at radius 3 is 2.52 bits per heavy atom. The molecular weight excluding hydrogens is 398 g/mol. The Hall–Kier alpha value is -1.84. The molecule has 1 amide bonds. The number of aromatic nitrogens is 1. The second kappa shape index (κ2) is 5.88. The molecule has 0 spiro atoms. The molecule has 0 saturated carbocycles. The maximum atomic E-state index is 13.9. The lowest BCUT2D eigenvalue weighted by Crippen LogP contribution is -2.16. The molecule has 0 fully saturated rings. The van der Waals surface area contributed by atoms with Crippen molar-refractivity contribution >= 4 is 40.0 Å². The highest BCUT2D eigenvalue weighted by Gasteiger charge is 2.22. The fraction of sp³-hybridized carbons (Fsp3) is 0.0769. The standard InChI is InChI=1S/C13H9F3IN3O/c1-5-2-6(17)4-19-13(5)20-11-7(12(18)21)3-8(14)9(15)10(11)16/h2-4H,1H3,(H2,18,21)(H,19,20). The van der Waals surface area contributed by atoms with Crippen LogP contribution in [0.3, 0.4) is 0 Å². The van der Waals surface area contributed by atoms with Gasteiger partial charge in [-0.25, -0.2) is 18.2 Å². The minimum absolute atomic E-state index is 0.211. The van der Waals surface area contributed by atoms with Crippen LogP contribution in [0.5, 0.6) is 0 Å². The number of benzene rings is 1. The van der Waals surface area contributed by atoms with Crippen LogP contribution in [-0.2, 0) is 0 Å². The van der Waals surface area contributed by atoms with E-state index in [9.17, 15) is 18.0 Å². The van der Waals surface area contributed by atoms with Crippen molar-refractivity contribution in [3.63, 3.8) is 0 Å². The summed E-state index contributed by atoms with van der Waals surface area (Å²) in [4.78, 5) is 15.3. The predicted molar refractivity (Wildman–Crippen MR) is 79.8 cm³/mol. The quantitative estimate of drug-likeness (QED) is 0.607. The van der Waals surface area contributed by atoms with Crippen molar-refractivity contribution in [1.29, 1.82) is 0 Å². The summed E-state index contributed by atoms with van der Waals surface area (Å²) in [5.74, 6) is -5.57. The zero-order chi connectivity index (χ0) is 15.7. The Bertz CT molecular complexity index is 737. The number of anilines is 2. The third kappa shape index (κ3) is 3.09. The molecule has 4 nitrogen and oxygen atoms in total. The van der Waals surface area contributed by atoms with Gasteiger partial charge in [0.1, 0.15) is 5.82 Å². The molecule has 0 aliphatic carbocycles. The summed E-state index contributed by atoms with van der Waals surface area (Å²) >= 11 is 2.04. The van der Waals surface area contributed by atoms with E-state index in [1.54, 1.807) is 13.0 Å². The van der Waals surface area contributed by atoms with Crippen LogP contribution in [0.15, 0.2) is 18.3 Å². The van der Waals surface area contributed by atoms with Gasteiger partial charge >= 0.3 is 0 Å². The van der Waals surface area contributed by atoms with Crippen LogP contribution in [0.1, 0.15) is 15.9 Å². The van der Waals surface area contributed by atoms with Crippen molar-refractivity contribution in [1.82, 2.24) is 4.98 Å². The zero-order valence-electron chi connectivity index (χ0n) is 10.7. The zero-order valence-corrected chi connectivity index (χ0v) is 12.8. The van der Waals surface area contributed by atoms with E-state index in [1.165, 1.54) is 6.20 Å². The molecule has 0 radical (unpaired) electrons. The molecule has 0 saturated heterocycles. The summed E-state index contributed by atoms with van der Waals surface area (Å²) in [6, 6.07) is 2.29. The fourth-order valence-corrected chi connectivity index (χ4v) is 2.31. The SMILES string of the molecule is Cc1cc(I)cnc1Nc1c(C(N)=O)cc(F)c(F)c1F. The first kappa shape index (κ1) is 15.5. The number of nitrogens with zero attached hydrogens (tertiary/aromatic N) is 1. The van der Waals surface area contributed by atoms with Crippen molar-refractivity contribution < 1.29 is 18.0 Å². The van der Waals surface area contributed by atoms with Gasteiger partial charge < -0.3 is 11.1 Å². The van der Waals surface area contributed by atoms with E-state index in [0.29, 0.717) is 11.6 Å². The number of halogens is 4. The first-order valence-corrected chi connectivity index (χ1v) is 6.75. The molecule has 8 heteroatoms. The predicted octanol–water partition coefficient (Wildman–Crippen LogP) is 3.25. The van der Waals surface area contributed by atoms with Crippen LogP contribution in [-0.4, -0.2) is 10.9 Å². The number of hydrogen-bond acceptors (Lipinski definition) is 3. The van der Waals surface area contributed by atoms with Crippen molar-refractivity contribution in [2.45, 2.75) is 6.92 Å². The second-order valence-corrected chi connectivity index (χ2v) is 5.46. The van der Waals surface area contributed by atoms with Crippen LogP contribution in [0.2, 0.25) is 0 Å². The molecule has 0 atom stereocenters. The monoisotopic (exact) mass is 407 g/mol. The number of carbonyl (C=O) groups excluding carboxylic acids is 1. The molecule has 110 valence electrons. The third-order valence-electron chi connectivity index (χ3n) is 2.72. The second-order valence-electron chi connectivity index (χ2n) is 4.22. The van der Waals surface area contributed by atoms with E-state index in [2.05, 4.69) is 10.3 Å². The first-order chi connectivity index (χ1) is 9.81. The number of amides is 1. The molecule has 2 rings (SSSR count). The number of pyridine rings is 1. The highest BCUT2D eigenvalue weighted by molar-refractivity contribution is 14.1. The number of carbonyl (C=O) groups is 1. The molecule has 1 heterocycles. The van der Waals surface area contributed by atoms with Gasteiger partial charge in [-0.1, -0.05) is 0 Å². The lowest BCUT2D eigenvalue weighted by molar-refractivity contribution is 0.1000. The lowest BCUT2D eigenvalue weighted by Gasteiger charge is -2.13. The summed E-state index contributed by atoms with van der Waals surface area (Å²) in [7, 11) is 0. The van der Waals surface area contributed by atoms with E-state index in [0.717, 1.165) is 3.57 Å². The summed E-state index contributed by atoms with van der Waals surface area (Å²) in [6.45, 7) is 1.69. The number of aryl methyl sites for hydroxylation is 1. The van der Waals surface area contributed by atoms with Gasteiger partial charge in [-0.2, -0.15) is 0 Å². The largest absolute Gasteiger partial charge is 0.366 e. The molecular formula is C13H9F3IN3O. The van der Waals surface area contributed by atoms with Crippen molar-refractivity contribution in [3.8, 4) is 0 Å². The maximum Gasteiger partial charge on any atom is 0.251 e. The molecule has 21 heavy (non-hydrogen) atoms. The lowest BCUT2D eigenvalue weighted by atomic mass is 10.1. The van der Waals surface area contributed by atoms with Crippen molar-refractivity contribution in [2.24, 2.45) is 5.73 Å². The number of rotatable bonds is 3. The molecule has 0 aliphatic heterocycles. The van der Waals surface area contributed by atoms with Crippen molar-refractivity contribution in [3.05, 3.63) is 50.5 Å². The van der Waals surface area contributed by atoms with Gasteiger partial charge in [0.15, 0.2) is 17.5 Å². The van der Waals surface area contributed by atoms with Crippen LogP contribution >= 0.6 is 22.6 Å². The Labute approximate surface area is 131 Å². The number of hydrogen-bond donors (Lipinski definition) is 2. The molecule has 0 aliphatic rings. The van der Waals surface area contributed by atoms with E-state index >= 15 is 0 Å². The summed E-state index contributed by atoms with van der Waals surface area (Å²) in [5.41, 5.74) is 4.66. The van der Waals surface area contributed by atoms with Gasteiger partial charge in [0.25, 0.3) is 5.91 Å². The highest BCUT2D eigenvalue weighted by Crippen LogP contribution is 2.28. The fourth-order valence-electron chi connectivity index (χ4n) is 1.70. The average Bonchev–Trinajstić information content (AvgIpc) is 2.41. The van der Waals surface area contributed by atoms with Gasteiger partial charge in [0, 0.05) is 9.77 Å². The number of nitrogens with two attached hydrogens (primary N) is 1. The first-order valence-electron chi connectivity index (χ1n) is 5.67. The van der Waals surface area contributed by atoms with Gasteiger partial charge in [-0.05, 0) is 47.2 Å². The van der Waals surface area contributed by atoms with Gasteiger partial charge in [0.05, 0.1) is 11.3 Å². The topological polar surface area (TPSA) is 68.0 Å². The highest BCUT2D eigenvalue weighted by atomic mass is 127. The normalized spacial score (nSPS) is 10.5. The third-order valence-corrected chi connectivity index (χ3v) is 3.31. The van der Waals surface area contributed by atoms with E-state index < -0.39 is 34.6 Å². The molecule has 2 aromatic rings. The Balaban J connectivity index is 2.57. The molecule has 0 bridgehead atoms. The van der Waals surface area contributed by atoms with Gasteiger partial charge in [-0.3, -0.25) is 4.79 Å². The summed E-state index contributed by atoms with van der Waals surface area (Å²) < 4.78 is 41.2. The van der Waals surface area contributed by atoms with Crippen LogP contribution in [0.25, 0.3) is 0 Å². The number of nitrogens with one attached hydrogen (secondary N) is 1. The van der Waals surface area contributed by atoms with Gasteiger partial charge in [0.2, 0.25) is 0 Å². The van der Waals surface area contributed by atoms with E-state index in [1.807, 2.05) is 22.6 Å². The van der Waals surface area contributed by atoms with Crippen LogP contribution in [0, 0.1) is 27.9 Å². The summed E-state index contributed by atoms with van der Waals surface area (Å²) in [6.07, 6.45) is 1.50. The minimum atomic E-state index is -1.69. The van der Waals surface area contributed by atoms with Gasteiger partial charge in [-0.15, -0.1) is 0 Å². The molecule has 1 aromatic heterocycles. The van der Waals surface area contributed by atoms with E-state index in [-0.39, 0.29) is 5.82 Å². The average molecular weight is 407 g/mol. The smallest absolute Gasteiger partial charge is 0.251 e.